The average Bonchev–Trinajstić information content (AvgIpc) is 3.52. The zero-order valence-electron chi connectivity index (χ0n) is 25.8. The number of benzene rings is 3. The lowest BCUT2D eigenvalue weighted by atomic mass is 9.57. The average molecular weight is 624 g/mol. The van der Waals surface area contributed by atoms with Crippen molar-refractivity contribution in [1.82, 2.24) is 9.80 Å². The van der Waals surface area contributed by atoms with Crippen LogP contribution in [0.1, 0.15) is 36.0 Å². The van der Waals surface area contributed by atoms with Gasteiger partial charge in [0.1, 0.15) is 22.8 Å². The first-order valence-corrected chi connectivity index (χ1v) is 15.7. The van der Waals surface area contributed by atoms with Crippen molar-refractivity contribution in [2.24, 2.45) is 17.6 Å². The largest absolute Gasteiger partial charge is 0.508 e. The molecular weight excluding hydrogens is 586 g/mol. The van der Waals surface area contributed by atoms with E-state index < -0.39 is 58.0 Å². The number of carbonyl (C=O) groups excluding carboxylic acids is 3. The predicted octanol–water partition coefficient (Wildman–Crippen LogP) is 3.38. The molecule has 4 unspecified atom stereocenters. The molecular formula is C36H37N3O7. The molecule has 10 nitrogen and oxygen atoms in total. The maximum Gasteiger partial charge on any atom is 0.255 e. The Labute approximate surface area is 266 Å². The van der Waals surface area contributed by atoms with Crippen molar-refractivity contribution in [3.8, 4) is 16.9 Å². The van der Waals surface area contributed by atoms with E-state index in [9.17, 15) is 34.8 Å². The molecule has 238 valence electrons. The van der Waals surface area contributed by atoms with Gasteiger partial charge < -0.3 is 26.2 Å². The Hall–Kier alpha value is -4.51. The normalized spacial score (nSPS) is 26.5. The summed E-state index contributed by atoms with van der Waals surface area (Å²) < 4.78 is 0. The van der Waals surface area contributed by atoms with Crippen LogP contribution in [0.3, 0.4) is 0 Å². The highest BCUT2D eigenvalue weighted by Crippen LogP contribution is 2.54. The van der Waals surface area contributed by atoms with Crippen LogP contribution in [0.4, 0.5) is 0 Å². The zero-order chi connectivity index (χ0) is 32.7. The first kappa shape index (κ1) is 30.2. The van der Waals surface area contributed by atoms with Gasteiger partial charge in [-0.15, -0.1) is 0 Å². The third-order valence-corrected chi connectivity index (χ3v) is 10.5. The van der Waals surface area contributed by atoms with Gasteiger partial charge in [0.15, 0.2) is 11.4 Å². The first-order chi connectivity index (χ1) is 21.9. The van der Waals surface area contributed by atoms with Gasteiger partial charge in [0.2, 0.25) is 5.78 Å². The van der Waals surface area contributed by atoms with Gasteiger partial charge in [-0.2, -0.15) is 0 Å². The predicted molar refractivity (Wildman–Crippen MR) is 172 cm³/mol. The number of phenolic OH excluding ortho intramolecular Hbond substituents is 1. The molecule has 7 rings (SSSR count). The molecule has 2 fully saturated rings. The summed E-state index contributed by atoms with van der Waals surface area (Å²) in [6, 6.07) is 14.5. The molecule has 0 spiro atoms. The van der Waals surface area contributed by atoms with Gasteiger partial charge >= 0.3 is 0 Å². The number of Topliss-reactive ketones (excluding diaryl/α,β-unsaturated/α-hetero) is 2. The summed E-state index contributed by atoms with van der Waals surface area (Å²) in [5.41, 5.74) is 5.42. The smallest absolute Gasteiger partial charge is 0.255 e. The summed E-state index contributed by atoms with van der Waals surface area (Å²) in [5.74, 6) is -6.65. The molecule has 4 aliphatic rings. The summed E-state index contributed by atoms with van der Waals surface area (Å²) >= 11 is 0. The number of aliphatic hydroxyl groups excluding tert-OH is 2. The molecule has 10 heteroatoms. The minimum atomic E-state index is -2.67. The highest BCUT2D eigenvalue weighted by molar-refractivity contribution is 6.24. The van der Waals surface area contributed by atoms with Gasteiger partial charge in [-0.05, 0) is 97.9 Å². The Morgan fingerprint density at radius 1 is 0.978 bits per heavy atom. The number of amides is 1. The van der Waals surface area contributed by atoms with Gasteiger partial charge in [-0.25, -0.2) is 0 Å². The fourth-order valence-corrected chi connectivity index (χ4v) is 8.41. The topological polar surface area (TPSA) is 165 Å². The first-order valence-electron chi connectivity index (χ1n) is 15.7. The maximum absolute atomic E-state index is 14.2. The van der Waals surface area contributed by atoms with Crippen LogP contribution in [0.2, 0.25) is 0 Å². The van der Waals surface area contributed by atoms with Gasteiger partial charge in [0.25, 0.3) is 5.91 Å². The summed E-state index contributed by atoms with van der Waals surface area (Å²) in [6.45, 7) is 2.99. The van der Waals surface area contributed by atoms with Crippen LogP contribution in [0.25, 0.3) is 27.7 Å². The number of nitrogens with two attached hydrogens (primary N) is 1. The lowest BCUT2D eigenvalue weighted by Crippen LogP contribution is -2.65. The molecule has 1 heterocycles. The number of aromatic hydroxyl groups is 1. The lowest BCUT2D eigenvalue weighted by Gasteiger charge is -2.50. The Balaban J connectivity index is 1.39. The molecule has 1 saturated heterocycles. The van der Waals surface area contributed by atoms with E-state index in [2.05, 4.69) is 29.2 Å². The number of likely N-dealkylation sites (N-methyl/N-ethyl adjacent to an activating group) is 1. The van der Waals surface area contributed by atoms with Crippen LogP contribution < -0.4 is 5.73 Å². The van der Waals surface area contributed by atoms with E-state index in [1.54, 1.807) is 14.1 Å². The number of likely N-dealkylation sites (tertiary alicyclic amines) is 1. The van der Waals surface area contributed by atoms with Gasteiger partial charge in [-0.1, -0.05) is 42.5 Å². The van der Waals surface area contributed by atoms with Crippen LogP contribution in [0.15, 0.2) is 65.4 Å². The Kier molecular flexibility index (Phi) is 7.08. The number of nitrogens with zero attached hydrogens (tertiary/aromatic N) is 2. The highest BCUT2D eigenvalue weighted by Gasteiger charge is 2.64. The minimum absolute atomic E-state index is 0.0381. The Bertz CT molecular complexity index is 1900. The number of carbonyl (C=O) groups is 3. The molecule has 3 aromatic rings. The Morgan fingerprint density at radius 3 is 2.33 bits per heavy atom. The van der Waals surface area contributed by atoms with Crippen molar-refractivity contribution < 1.29 is 34.8 Å². The second kappa shape index (κ2) is 10.8. The number of hydrogen-bond acceptors (Lipinski definition) is 9. The Morgan fingerprint density at radius 2 is 1.65 bits per heavy atom. The number of fused-ring (bicyclic) bond motifs is 4. The number of primary amides is 1. The van der Waals surface area contributed by atoms with E-state index in [-0.39, 0.29) is 29.7 Å². The molecule has 1 amide bonds. The molecule has 1 saturated carbocycles. The van der Waals surface area contributed by atoms with Crippen molar-refractivity contribution >= 4 is 34.0 Å². The van der Waals surface area contributed by atoms with Crippen molar-refractivity contribution in [2.75, 3.05) is 27.2 Å². The molecule has 0 aromatic heterocycles. The summed E-state index contributed by atoms with van der Waals surface area (Å²) in [4.78, 5) is 43.8. The van der Waals surface area contributed by atoms with Crippen LogP contribution in [-0.4, -0.2) is 86.5 Å². The molecule has 3 aromatic carbocycles. The van der Waals surface area contributed by atoms with E-state index >= 15 is 0 Å². The molecule has 6 N–H and O–H groups in total. The number of ketones is 2. The molecule has 0 radical (unpaired) electrons. The van der Waals surface area contributed by atoms with E-state index in [0.717, 1.165) is 41.5 Å². The lowest BCUT2D eigenvalue weighted by molar-refractivity contribution is -0.153. The third-order valence-electron chi connectivity index (χ3n) is 10.5. The van der Waals surface area contributed by atoms with Crippen LogP contribution in [-0.2, 0) is 27.3 Å². The van der Waals surface area contributed by atoms with Crippen molar-refractivity contribution in [3.05, 3.63) is 82.1 Å². The monoisotopic (exact) mass is 623 g/mol. The highest BCUT2D eigenvalue weighted by atomic mass is 16.3. The standard InChI is InChI=1S/C36H37N3O7/c1-38(2)30-25-16-19-15-24-23(22-10-9-18(17-39-13-5-6-14-39)20-7-3-4-8-21(20)22)11-12-26(40)28(24)31(41)27(19)33(43)36(25,46)34(44)29(32(30)42)35(37)45/h3-4,7-12,19,25,30,40-41,44,46H,5-6,13-17H2,1-2H3,(H2,37,45). The van der Waals surface area contributed by atoms with E-state index in [4.69, 9.17) is 5.73 Å². The number of rotatable bonds is 5. The van der Waals surface area contributed by atoms with Gasteiger partial charge in [0.05, 0.1) is 11.6 Å². The third kappa shape index (κ3) is 4.24. The van der Waals surface area contributed by atoms with Crippen LogP contribution in [0.5, 0.6) is 5.75 Å². The fourth-order valence-electron chi connectivity index (χ4n) is 8.41. The van der Waals surface area contributed by atoms with Crippen LogP contribution in [0, 0.1) is 11.8 Å². The summed E-state index contributed by atoms with van der Waals surface area (Å²) in [5, 5.41) is 47.9. The zero-order valence-corrected chi connectivity index (χ0v) is 25.8. The molecule has 0 bridgehead atoms. The molecule has 46 heavy (non-hydrogen) atoms. The maximum atomic E-state index is 14.2. The van der Waals surface area contributed by atoms with Crippen LogP contribution >= 0.6 is 0 Å². The van der Waals surface area contributed by atoms with E-state index in [0.29, 0.717) is 5.56 Å². The van der Waals surface area contributed by atoms with Crippen molar-refractivity contribution in [3.63, 3.8) is 0 Å². The summed E-state index contributed by atoms with van der Waals surface area (Å²) in [7, 11) is 3.17. The number of hydrogen-bond donors (Lipinski definition) is 5. The van der Waals surface area contributed by atoms with E-state index in [1.807, 2.05) is 18.2 Å². The number of aliphatic hydroxyl groups is 3. The van der Waals surface area contributed by atoms with Crippen molar-refractivity contribution in [2.45, 2.75) is 43.9 Å². The SMILES string of the molecule is CN(C)C1C(=O)C(C(N)=O)=C(O)C2(O)C(=O)C3=C(O)c4c(O)ccc(-c5ccc(CN6CCCC6)c6ccccc56)c4CC3CC12. The fraction of sp³-hybridized carbons (Fsp3) is 0.361. The molecule has 1 aliphatic heterocycles. The summed E-state index contributed by atoms with van der Waals surface area (Å²) in [6.07, 6.45) is 2.66. The van der Waals surface area contributed by atoms with Gasteiger partial charge in [0, 0.05) is 18.0 Å². The van der Waals surface area contributed by atoms with Crippen molar-refractivity contribution in [1.29, 1.82) is 0 Å². The molecule has 4 atom stereocenters. The minimum Gasteiger partial charge on any atom is -0.508 e. The second-order valence-corrected chi connectivity index (χ2v) is 13.2. The second-order valence-electron chi connectivity index (χ2n) is 13.2. The number of phenols is 1. The quantitative estimate of drug-likeness (QED) is 0.268. The molecule has 3 aliphatic carbocycles. The van der Waals surface area contributed by atoms with E-state index in [1.165, 1.54) is 29.4 Å². The van der Waals surface area contributed by atoms with Gasteiger partial charge in [-0.3, -0.25) is 24.2 Å².